The van der Waals surface area contributed by atoms with Gasteiger partial charge in [-0.3, -0.25) is 4.79 Å². The van der Waals surface area contributed by atoms with Gasteiger partial charge in [0.15, 0.2) is 0 Å². The molecule has 1 rings (SSSR count). The van der Waals surface area contributed by atoms with Crippen LogP contribution >= 0.6 is 11.6 Å². The predicted octanol–water partition coefficient (Wildman–Crippen LogP) is 1.21. The lowest BCUT2D eigenvalue weighted by Crippen LogP contribution is -2.15. The van der Waals surface area contributed by atoms with Gasteiger partial charge in [-0.05, 0) is 6.07 Å². The Morgan fingerprint density at radius 1 is 1.77 bits per heavy atom. The molecular formula is C8H9ClN2O2. The fourth-order valence-electron chi connectivity index (χ4n) is 0.973. The molecule has 0 unspecified atom stereocenters. The van der Waals surface area contributed by atoms with Gasteiger partial charge in [0.25, 0.3) is 0 Å². The van der Waals surface area contributed by atoms with Crippen LogP contribution in [0.1, 0.15) is 18.0 Å². The molecule has 5 heteroatoms. The summed E-state index contributed by atoms with van der Waals surface area (Å²) in [6.07, 6.45) is 1.38. The molecule has 13 heavy (non-hydrogen) atoms. The molecule has 0 bridgehead atoms. The Morgan fingerprint density at radius 2 is 2.46 bits per heavy atom. The molecule has 0 aliphatic rings. The van der Waals surface area contributed by atoms with Gasteiger partial charge in [0, 0.05) is 17.8 Å². The third-order valence-corrected chi connectivity index (χ3v) is 1.90. The Kier molecular flexibility index (Phi) is 3.22. The first kappa shape index (κ1) is 9.95. The first-order valence-corrected chi connectivity index (χ1v) is 4.07. The number of pyridine rings is 1. The Hall–Kier alpha value is -1.13. The van der Waals surface area contributed by atoms with Crippen molar-refractivity contribution < 1.29 is 9.90 Å². The fourth-order valence-corrected chi connectivity index (χ4v) is 1.23. The standard InChI is InChI=1S/C8H9ClN2O2/c9-8-5(2-1-3-11-8)6(10)4-7(12)13/h1-3,6H,4,10H2,(H,12,13)/t6-/m0/s1. The highest BCUT2D eigenvalue weighted by Crippen LogP contribution is 2.20. The maximum Gasteiger partial charge on any atom is 0.305 e. The third kappa shape index (κ3) is 2.68. The molecule has 1 aromatic heterocycles. The molecular weight excluding hydrogens is 192 g/mol. The number of carbonyl (C=O) groups is 1. The summed E-state index contributed by atoms with van der Waals surface area (Å²) in [7, 11) is 0. The van der Waals surface area contributed by atoms with Crippen LogP contribution in [0.3, 0.4) is 0 Å². The second-order valence-corrected chi connectivity index (χ2v) is 2.95. The van der Waals surface area contributed by atoms with Crippen LogP contribution in [-0.2, 0) is 4.79 Å². The Balaban J connectivity index is 2.82. The summed E-state index contributed by atoms with van der Waals surface area (Å²) >= 11 is 5.72. The number of aromatic nitrogens is 1. The van der Waals surface area contributed by atoms with Crippen molar-refractivity contribution in [3.63, 3.8) is 0 Å². The van der Waals surface area contributed by atoms with Crippen LogP contribution in [-0.4, -0.2) is 16.1 Å². The topological polar surface area (TPSA) is 76.2 Å². The minimum atomic E-state index is -0.951. The quantitative estimate of drug-likeness (QED) is 0.720. The normalized spacial score (nSPS) is 12.5. The molecule has 0 fully saturated rings. The zero-order valence-corrected chi connectivity index (χ0v) is 7.53. The third-order valence-electron chi connectivity index (χ3n) is 1.58. The molecule has 0 saturated carbocycles. The first-order valence-electron chi connectivity index (χ1n) is 3.69. The summed E-state index contributed by atoms with van der Waals surface area (Å²) in [6.45, 7) is 0. The Bertz CT molecular complexity index is 317. The van der Waals surface area contributed by atoms with E-state index < -0.39 is 12.0 Å². The average Bonchev–Trinajstić information content (AvgIpc) is 2.03. The van der Waals surface area contributed by atoms with E-state index in [1.807, 2.05) is 0 Å². The van der Waals surface area contributed by atoms with Crippen molar-refractivity contribution in [2.75, 3.05) is 0 Å². The highest BCUT2D eigenvalue weighted by molar-refractivity contribution is 6.30. The fraction of sp³-hybridized carbons (Fsp3) is 0.250. The molecule has 0 spiro atoms. The lowest BCUT2D eigenvalue weighted by molar-refractivity contribution is -0.137. The molecule has 70 valence electrons. The molecule has 0 aliphatic carbocycles. The van der Waals surface area contributed by atoms with Gasteiger partial charge < -0.3 is 10.8 Å². The molecule has 1 heterocycles. The van der Waals surface area contributed by atoms with E-state index in [2.05, 4.69) is 4.98 Å². The number of nitrogens with two attached hydrogens (primary N) is 1. The number of hydrogen-bond donors (Lipinski definition) is 2. The van der Waals surface area contributed by atoms with Gasteiger partial charge in [0.2, 0.25) is 0 Å². The van der Waals surface area contributed by atoms with Crippen molar-refractivity contribution in [3.05, 3.63) is 29.0 Å². The summed E-state index contributed by atoms with van der Waals surface area (Å²) in [4.78, 5) is 14.2. The number of halogens is 1. The van der Waals surface area contributed by atoms with E-state index in [0.717, 1.165) is 0 Å². The van der Waals surface area contributed by atoms with Crippen LogP contribution in [0.5, 0.6) is 0 Å². The molecule has 0 amide bonds. The number of nitrogens with zero attached hydrogens (tertiary/aromatic N) is 1. The zero-order valence-electron chi connectivity index (χ0n) is 6.77. The highest BCUT2D eigenvalue weighted by atomic mass is 35.5. The second-order valence-electron chi connectivity index (χ2n) is 2.59. The number of carboxylic acids is 1. The van der Waals surface area contributed by atoms with Gasteiger partial charge in [0.1, 0.15) is 5.15 Å². The van der Waals surface area contributed by atoms with Crippen molar-refractivity contribution in [1.82, 2.24) is 4.98 Å². The maximum atomic E-state index is 10.4. The molecule has 0 aliphatic heterocycles. The Labute approximate surface area is 80.3 Å². The van der Waals surface area contributed by atoms with Gasteiger partial charge in [-0.15, -0.1) is 0 Å². The molecule has 1 atom stereocenters. The largest absolute Gasteiger partial charge is 0.481 e. The lowest BCUT2D eigenvalue weighted by Gasteiger charge is -2.09. The van der Waals surface area contributed by atoms with Gasteiger partial charge >= 0.3 is 5.97 Å². The van der Waals surface area contributed by atoms with Crippen LogP contribution in [0, 0.1) is 0 Å². The van der Waals surface area contributed by atoms with E-state index in [0.29, 0.717) is 5.56 Å². The van der Waals surface area contributed by atoms with Gasteiger partial charge in [-0.2, -0.15) is 0 Å². The highest BCUT2D eigenvalue weighted by Gasteiger charge is 2.13. The van der Waals surface area contributed by atoms with E-state index in [4.69, 9.17) is 22.4 Å². The minimum absolute atomic E-state index is 0.147. The van der Waals surface area contributed by atoms with E-state index in [1.165, 1.54) is 6.20 Å². The number of aliphatic carboxylic acids is 1. The second kappa shape index (κ2) is 4.20. The molecule has 4 nitrogen and oxygen atoms in total. The van der Waals surface area contributed by atoms with E-state index in [9.17, 15) is 4.79 Å². The maximum absolute atomic E-state index is 10.4. The van der Waals surface area contributed by atoms with Crippen molar-refractivity contribution >= 4 is 17.6 Å². The van der Waals surface area contributed by atoms with E-state index >= 15 is 0 Å². The van der Waals surface area contributed by atoms with Crippen molar-refractivity contribution in [1.29, 1.82) is 0 Å². The number of hydrogen-bond acceptors (Lipinski definition) is 3. The van der Waals surface area contributed by atoms with Crippen molar-refractivity contribution in [2.45, 2.75) is 12.5 Å². The molecule has 0 radical (unpaired) electrons. The lowest BCUT2D eigenvalue weighted by atomic mass is 10.1. The number of carboxylic acid groups (broad SMARTS) is 1. The van der Waals surface area contributed by atoms with Crippen LogP contribution < -0.4 is 5.73 Å². The van der Waals surface area contributed by atoms with E-state index in [-0.39, 0.29) is 11.6 Å². The number of rotatable bonds is 3. The monoisotopic (exact) mass is 200 g/mol. The van der Waals surface area contributed by atoms with Crippen LogP contribution in [0.25, 0.3) is 0 Å². The minimum Gasteiger partial charge on any atom is -0.481 e. The summed E-state index contributed by atoms with van der Waals surface area (Å²) in [5.74, 6) is -0.951. The average molecular weight is 201 g/mol. The molecule has 0 saturated heterocycles. The van der Waals surface area contributed by atoms with Crippen molar-refractivity contribution in [2.24, 2.45) is 5.73 Å². The molecule has 3 N–H and O–H groups in total. The first-order chi connectivity index (χ1) is 6.11. The van der Waals surface area contributed by atoms with Crippen LogP contribution in [0.4, 0.5) is 0 Å². The van der Waals surface area contributed by atoms with Gasteiger partial charge in [-0.25, -0.2) is 4.98 Å². The zero-order chi connectivity index (χ0) is 9.84. The van der Waals surface area contributed by atoms with E-state index in [1.54, 1.807) is 12.1 Å². The predicted molar refractivity (Wildman–Crippen MR) is 48.4 cm³/mol. The van der Waals surface area contributed by atoms with Gasteiger partial charge in [0.05, 0.1) is 6.42 Å². The summed E-state index contributed by atoms with van der Waals surface area (Å²) in [5.41, 5.74) is 6.15. The summed E-state index contributed by atoms with van der Waals surface area (Å²) < 4.78 is 0. The molecule has 0 aromatic carbocycles. The Morgan fingerprint density at radius 3 is 3.00 bits per heavy atom. The van der Waals surface area contributed by atoms with Gasteiger partial charge in [-0.1, -0.05) is 17.7 Å². The summed E-state index contributed by atoms with van der Waals surface area (Å²) in [6, 6.07) is 2.74. The van der Waals surface area contributed by atoms with Crippen molar-refractivity contribution in [3.8, 4) is 0 Å². The molecule has 1 aromatic rings. The smallest absolute Gasteiger partial charge is 0.305 e. The SMILES string of the molecule is N[C@@H](CC(=O)O)c1cccnc1Cl. The van der Waals surface area contributed by atoms with Crippen LogP contribution in [0.15, 0.2) is 18.3 Å². The van der Waals surface area contributed by atoms with Crippen LogP contribution in [0.2, 0.25) is 5.15 Å². The summed E-state index contributed by atoms with van der Waals surface area (Å²) in [5, 5.41) is 8.75.